The van der Waals surface area contributed by atoms with E-state index in [-0.39, 0.29) is 15.9 Å². The summed E-state index contributed by atoms with van der Waals surface area (Å²) in [4.78, 5) is 13.1. The van der Waals surface area contributed by atoms with Crippen LogP contribution >= 0.6 is 11.3 Å². The summed E-state index contributed by atoms with van der Waals surface area (Å²) in [5.74, 6) is 0. The van der Waals surface area contributed by atoms with E-state index in [2.05, 4.69) is 22.3 Å². The van der Waals surface area contributed by atoms with E-state index >= 15 is 0 Å². The number of likely N-dealkylation sites (tertiary alicyclic amines) is 1. The number of rotatable bonds is 6. The number of hydrogen-bond acceptors (Lipinski definition) is 7. The van der Waals surface area contributed by atoms with Gasteiger partial charge >= 0.3 is 5.69 Å². The number of anilines is 1. The van der Waals surface area contributed by atoms with Crippen LogP contribution in [-0.4, -0.2) is 43.6 Å². The number of nitrogens with zero attached hydrogens (tertiary/aromatic N) is 2. The Hall–Kier alpha value is -1.97. The molecule has 1 aromatic carbocycles. The normalized spacial score (nSPS) is 16.5. The highest BCUT2D eigenvalue weighted by Crippen LogP contribution is 2.38. The molecule has 0 atom stereocenters. The Bertz CT molecular complexity index is 873. The summed E-state index contributed by atoms with van der Waals surface area (Å²) >= 11 is 0.937. The Kier molecular flexibility index (Phi) is 5.59. The highest BCUT2D eigenvalue weighted by Gasteiger charge is 2.27. The largest absolute Gasteiger partial charge is 0.368 e. The summed E-state index contributed by atoms with van der Waals surface area (Å²) in [7, 11) is -3.46. The van der Waals surface area contributed by atoms with Gasteiger partial charge in [0.15, 0.2) is 14.8 Å². The molecule has 0 radical (unpaired) electrons. The predicted molar refractivity (Wildman–Crippen MR) is 102 cm³/mol. The summed E-state index contributed by atoms with van der Waals surface area (Å²) in [6, 6.07) is 11.5. The number of thiophene rings is 1. The molecule has 0 bridgehead atoms. The predicted octanol–water partition coefficient (Wildman–Crippen LogP) is 3.14. The molecule has 0 saturated carbocycles. The summed E-state index contributed by atoms with van der Waals surface area (Å²) in [6.45, 7) is 2.68. The molecule has 1 aromatic heterocycles. The number of sulfone groups is 1. The van der Waals surface area contributed by atoms with Gasteiger partial charge in [-0.05, 0) is 18.4 Å². The van der Waals surface area contributed by atoms with Crippen LogP contribution in [0.3, 0.4) is 0 Å². The molecule has 1 fully saturated rings. The van der Waals surface area contributed by atoms with E-state index < -0.39 is 14.8 Å². The molecule has 3 rings (SSSR count). The zero-order valence-corrected chi connectivity index (χ0v) is 16.1. The Balaban J connectivity index is 1.62. The number of nitrogens with one attached hydrogen (secondary N) is 1. The van der Waals surface area contributed by atoms with Crippen molar-refractivity contribution in [2.75, 3.05) is 24.7 Å². The molecule has 26 heavy (non-hydrogen) atoms. The van der Waals surface area contributed by atoms with Gasteiger partial charge in [0, 0.05) is 38.0 Å². The Morgan fingerprint density at radius 2 is 1.92 bits per heavy atom. The maximum absolute atomic E-state index is 11.7. The third-order valence-corrected chi connectivity index (χ3v) is 7.28. The van der Waals surface area contributed by atoms with Gasteiger partial charge in [0.05, 0.1) is 4.92 Å². The maximum atomic E-state index is 11.7. The SMILES string of the molecule is CS(=O)(=O)c1cc([N+](=O)[O-])c(NC2CCN(Cc3ccccc3)CC2)s1. The second-order valence-electron chi connectivity index (χ2n) is 6.49. The lowest BCUT2D eigenvalue weighted by Crippen LogP contribution is -2.38. The van der Waals surface area contributed by atoms with Crippen molar-refractivity contribution in [3.05, 3.63) is 52.1 Å². The Labute approximate surface area is 156 Å². The topological polar surface area (TPSA) is 92.5 Å². The van der Waals surface area contributed by atoms with Gasteiger partial charge < -0.3 is 5.32 Å². The van der Waals surface area contributed by atoms with Gasteiger partial charge in [-0.2, -0.15) is 0 Å². The van der Waals surface area contributed by atoms with Crippen molar-refractivity contribution >= 4 is 31.9 Å². The van der Waals surface area contributed by atoms with Gasteiger partial charge in [0.2, 0.25) is 0 Å². The minimum atomic E-state index is -3.46. The highest BCUT2D eigenvalue weighted by molar-refractivity contribution is 7.92. The van der Waals surface area contributed by atoms with Crippen molar-refractivity contribution in [2.45, 2.75) is 29.6 Å². The zero-order valence-electron chi connectivity index (χ0n) is 14.4. The fourth-order valence-electron chi connectivity index (χ4n) is 3.04. The molecule has 2 heterocycles. The highest BCUT2D eigenvalue weighted by atomic mass is 32.2. The van der Waals surface area contributed by atoms with Gasteiger partial charge in [-0.25, -0.2) is 8.42 Å². The molecular formula is C17H21N3O4S2. The summed E-state index contributed by atoms with van der Waals surface area (Å²) in [5.41, 5.74) is 1.10. The molecule has 7 nitrogen and oxygen atoms in total. The van der Waals surface area contributed by atoms with E-state index in [1.165, 1.54) is 5.56 Å². The average Bonchev–Trinajstić information content (AvgIpc) is 3.02. The van der Waals surface area contributed by atoms with Crippen LogP contribution in [0.5, 0.6) is 0 Å². The van der Waals surface area contributed by atoms with Crippen LogP contribution in [-0.2, 0) is 16.4 Å². The number of hydrogen-bond donors (Lipinski definition) is 1. The maximum Gasteiger partial charge on any atom is 0.304 e. The van der Waals surface area contributed by atoms with E-state index in [1.807, 2.05) is 18.2 Å². The summed E-state index contributed by atoms with van der Waals surface area (Å²) in [5, 5.41) is 14.8. The first-order chi connectivity index (χ1) is 12.3. The molecule has 0 aliphatic carbocycles. The van der Waals surface area contributed by atoms with Crippen LogP contribution in [0, 0.1) is 10.1 Å². The first-order valence-corrected chi connectivity index (χ1v) is 11.0. The van der Waals surface area contributed by atoms with Gasteiger partial charge in [0.1, 0.15) is 4.21 Å². The van der Waals surface area contributed by atoms with Crippen LogP contribution < -0.4 is 5.32 Å². The van der Waals surface area contributed by atoms with Crippen molar-refractivity contribution < 1.29 is 13.3 Å². The minimum absolute atomic E-state index is 0.0215. The standard InChI is InChI=1S/C17H21N3O4S2/c1-26(23,24)16-11-15(20(21)22)17(25-16)18-14-7-9-19(10-8-14)12-13-5-3-2-4-6-13/h2-6,11,14,18H,7-10,12H2,1H3. The molecule has 140 valence electrons. The molecule has 0 spiro atoms. The number of nitro groups is 1. The lowest BCUT2D eigenvalue weighted by Gasteiger charge is -2.32. The molecular weight excluding hydrogens is 374 g/mol. The molecule has 1 aliphatic heterocycles. The van der Waals surface area contributed by atoms with Crippen LogP contribution in [0.4, 0.5) is 10.7 Å². The molecule has 1 saturated heterocycles. The van der Waals surface area contributed by atoms with Crippen LogP contribution in [0.15, 0.2) is 40.6 Å². The van der Waals surface area contributed by atoms with Crippen LogP contribution in [0.2, 0.25) is 0 Å². The zero-order chi connectivity index (χ0) is 18.7. The molecule has 9 heteroatoms. The van der Waals surface area contributed by atoms with E-state index in [4.69, 9.17) is 0 Å². The van der Waals surface area contributed by atoms with Crippen LogP contribution in [0.25, 0.3) is 0 Å². The number of benzene rings is 1. The third kappa shape index (κ3) is 4.60. The minimum Gasteiger partial charge on any atom is -0.368 e. The summed E-state index contributed by atoms with van der Waals surface area (Å²) in [6.07, 6.45) is 2.78. The van der Waals surface area contributed by atoms with E-state index in [0.29, 0.717) is 5.00 Å². The van der Waals surface area contributed by atoms with Crippen LogP contribution in [0.1, 0.15) is 18.4 Å². The molecule has 1 aliphatic rings. The lowest BCUT2D eigenvalue weighted by atomic mass is 10.0. The smallest absolute Gasteiger partial charge is 0.304 e. The fourth-order valence-corrected chi connectivity index (χ4v) is 5.06. The molecule has 0 unspecified atom stereocenters. The third-order valence-electron chi connectivity index (χ3n) is 4.42. The summed E-state index contributed by atoms with van der Waals surface area (Å²) < 4.78 is 23.4. The molecule has 1 N–H and O–H groups in total. The van der Waals surface area contributed by atoms with Gasteiger partial charge in [-0.1, -0.05) is 41.7 Å². The van der Waals surface area contributed by atoms with Gasteiger partial charge in [-0.15, -0.1) is 0 Å². The first kappa shape index (κ1) is 18.8. The monoisotopic (exact) mass is 395 g/mol. The lowest BCUT2D eigenvalue weighted by molar-refractivity contribution is -0.383. The van der Waals surface area contributed by atoms with Crippen molar-refractivity contribution in [1.82, 2.24) is 4.90 Å². The van der Waals surface area contributed by atoms with E-state index in [0.717, 1.165) is 56.1 Å². The number of piperidine rings is 1. The Morgan fingerprint density at radius 3 is 2.50 bits per heavy atom. The first-order valence-electron chi connectivity index (χ1n) is 8.34. The van der Waals surface area contributed by atoms with Gasteiger partial charge in [0.25, 0.3) is 0 Å². The molecule has 2 aromatic rings. The second kappa shape index (κ2) is 7.73. The van der Waals surface area contributed by atoms with E-state index in [9.17, 15) is 18.5 Å². The van der Waals surface area contributed by atoms with Crippen molar-refractivity contribution in [3.63, 3.8) is 0 Å². The van der Waals surface area contributed by atoms with Crippen molar-refractivity contribution in [2.24, 2.45) is 0 Å². The van der Waals surface area contributed by atoms with E-state index in [1.54, 1.807) is 0 Å². The fraction of sp³-hybridized carbons (Fsp3) is 0.412. The Morgan fingerprint density at radius 1 is 1.27 bits per heavy atom. The second-order valence-corrected chi connectivity index (χ2v) is 9.78. The van der Waals surface area contributed by atoms with Gasteiger partial charge in [-0.3, -0.25) is 15.0 Å². The molecule has 0 amide bonds. The average molecular weight is 396 g/mol. The van der Waals surface area contributed by atoms with Crippen molar-refractivity contribution in [1.29, 1.82) is 0 Å². The quantitative estimate of drug-likeness (QED) is 0.597. The van der Waals surface area contributed by atoms with Crippen molar-refractivity contribution in [3.8, 4) is 0 Å².